The van der Waals surface area contributed by atoms with E-state index in [4.69, 9.17) is 18.9 Å². The van der Waals surface area contributed by atoms with Crippen LogP contribution in [0.3, 0.4) is 0 Å². The number of unbranched alkanes of at least 4 members (excludes halogenated alkanes) is 19. The first-order valence-electron chi connectivity index (χ1n) is 24.2. The molecule has 12 unspecified atom stereocenters. The van der Waals surface area contributed by atoms with Crippen LogP contribution < -0.4 is 5.32 Å². The largest absolute Gasteiger partial charge is 0.394 e. The lowest BCUT2D eigenvalue weighted by Gasteiger charge is -2.46. The van der Waals surface area contributed by atoms with Gasteiger partial charge in [-0.25, -0.2) is 0 Å². The lowest BCUT2D eigenvalue weighted by Crippen LogP contribution is -2.65. The zero-order valence-electron chi connectivity index (χ0n) is 38.1. The Morgan fingerprint density at radius 1 is 0.581 bits per heavy atom. The highest BCUT2D eigenvalue weighted by Gasteiger charge is 2.51. The van der Waals surface area contributed by atoms with E-state index in [-0.39, 0.29) is 18.9 Å². The molecule has 0 aromatic carbocycles. The normalized spacial score (nSPS) is 28.0. The van der Waals surface area contributed by atoms with Crippen molar-refractivity contribution in [3.05, 3.63) is 36.5 Å². The maximum absolute atomic E-state index is 13.1. The molecule has 2 aliphatic heterocycles. The Morgan fingerprint density at radius 3 is 1.63 bits per heavy atom. The number of hydrogen-bond donors (Lipinski definition) is 9. The van der Waals surface area contributed by atoms with Crippen molar-refractivity contribution in [3.63, 3.8) is 0 Å². The van der Waals surface area contributed by atoms with Gasteiger partial charge in [0.2, 0.25) is 5.91 Å². The number of rotatable bonds is 36. The second-order valence-electron chi connectivity index (χ2n) is 17.2. The molecule has 362 valence electrons. The molecule has 2 rings (SSSR count). The van der Waals surface area contributed by atoms with Gasteiger partial charge < -0.3 is 65.1 Å². The zero-order chi connectivity index (χ0) is 45.4. The Morgan fingerprint density at radius 2 is 1.06 bits per heavy atom. The number of aliphatic hydroxyl groups is 8. The first kappa shape index (κ1) is 56.3. The van der Waals surface area contributed by atoms with Gasteiger partial charge in [-0.05, 0) is 51.4 Å². The Kier molecular flexibility index (Phi) is 32.2. The summed E-state index contributed by atoms with van der Waals surface area (Å²) in [6.45, 7) is 2.72. The van der Waals surface area contributed by atoms with Gasteiger partial charge in [0, 0.05) is 6.42 Å². The summed E-state index contributed by atoms with van der Waals surface area (Å²) >= 11 is 0. The third kappa shape index (κ3) is 22.9. The summed E-state index contributed by atoms with van der Waals surface area (Å²) in [7, 11) is 0. The van der Waals surface area contributed by atoms with E-state index >= 15 is 0 Å². The van der Waals surface area contributed by atoms with Crippen LogP contribution >= 0.6 is 0 Å². The van der Waals surface area contributed by atoms with Gasteiger partial charge in [0.1, 0.15) is 48.8 Å². The summed E-state index contributed by atoms with van der Waals surface area (Å²) < 4.78 is 22.6. The molecule has 14 nitrogen and oxygen atoms in total. The highest BCUT2D eigenvalue weighted by atomic mass is 16.7. The van der Waals surface area contributed by atoms with Crippen molar-refractivity contribution in [2.75, 3.05) is 19.8 Å². The first-order valence-corrected chi connectivity index (χ1v) is 24.2. The third-order valence-electron chi connectivity index (χ3n) is 11.8. The minimum atomic E-state index is -1.79. The number of carbonyl (C=O) groups excluding carboxylic acids is 1. The fourth-order valence-electron chi connectivity index (χ4n) is 7.79. The van der Waals surface area contributed by atoms with Crippen LogP contribution in [0.15, 0.2) is 36.5 Å². The van der Waals surface area contributed by atoms with E-state index in [2.05, 4.69) is 43.5 Å². The molecule has 62 heavy (non-hydrogen) atoms. The van der Waals surface area contributed by atoms with Crippen LogP contribution in [0.5, 0.6) is 0 Å². The third-order valence-corrected chi connectivity index (χ3v) is 11.8. The Hall–Kier alpha value is -1.79. The van der Waals surface area contributed by atoms with Gasteiger partial charge in [0.05, 0.1) is 32.0 Å². The van der Waals surface area contributed by atoms with Crippen molar-refractivity contribution in [2.24, 2.45) is 0 Å². The fraction of sp³-hybridized carbons (Fsp3) is 0.854. The van der Waals surface area contributed by atoms with Crippen LogP contribution in [0.4, 0.5) is 0 Å². The van der Waals surface area contributed by atoms with Crippen molar-refractivity contribution >= 4 is 5.91 Å². The highest BCUT2D eigenvalue weighted by Crippen LogP contribution is 2.30. The van der Waals surface area contributed by atoms with Crippen molar-refractivity contribution in [3.8, 4) is 0 Å². The number of hydrogen-bond acceptors (Lipinski definition) is 13. The number of aliphatic hydroxyl groups excluding tert-OH is 8. The van der Waals surface area contributed by atoms with E-state index in [1.54, 1.807) is 6.08 Å². The van der Waals surface area contributed by atoms with Crippen LogP contribution in [-0.4, -0.2) is 140 Å². The van der Waals surface area contributed by atoms with Gasteiger partial charge in [0.25, 0.3) is 0 Å². The number of allylic oxidation sites excluding steroid dienone is 5. The molecule has 2 aliphatic rings. The lowest BCUT2D eigenvalue weighted by molar-refractivity contribution is -0.359. The van der Waals surface area contributed by atoms with E-state index in [0.29, 0.717) is 6.42 Å². The Labute approximate surface area is 372 Å². The van der Waals surface area contributed by atoms with Gasteiger partial charge in [-0.2, -0.15) is 0 Å². The molecule has 14 heteroatoms. The quantitative estimate of drug-likeness (QED) is 0.0279. The number of amides is 1. The minimum absolute atomic E-state index is 0.251. The molecule has 0 radical (unpaired) electrons. The predicted molar refractivity (Wildman–Crippen MR) is 240 cm³/mol. The summed E-state index contributed by atoms with van der Waals surface area (Å²) in [5.74, 6) is -0.251. The molecule has 0 aliphatic carbocycles. The van der Waals surface area contributed by atoms with E-state index < -0.39 is 86.8 Å². The van der Waals surface area contributed by atoms with Gasteiger partial charge >= 0.3 is 0 Å². The molecule has 0 bridgehead atoms. The minimum Gasteiger partial charge on any atom is -0.394 e. The number of carbonyl (C=O) groups is 1. The monoisotopic (exact) mass is 886 g/mol. The molecule has 0 aromatic rings. The van der Waals surface area contributed by atoms with Gasteiger partial charge in [-0.1, -0.05) is 147 Å². The van der Waals surface area contributed by atoms with Gasteiger partial charge in [-0.3, -0.25) is 4.79 Å². The molecule has 9 N–H and O–H groups in total. The Bertz CT molecular complexity index is 1190. The number of ether oxygens (including phenoxy) is 4. The summed E-state index contributed by atoms with van der Waals surface area (Å²) in [6.07, 6.45) is 21.9. The molecule has 1 amide bonds. The molecule has 12 atom stereocenters. The maximum Gasteiger partial charge on any atom is 0.220 e. The molecule has 2 saturated heterocycles. The first-order chi connectivity index (χ1) is 30.1. The van der Waals surface area contributed by atoms with Crippen LogP contribution in [0, 0.1) is 0 Å². The molecule has 2 fully saturated rings. The zero-order valence-corrected chi connectivity index (χ0v) is 38.1. The van der Waals surface area contributed by atoms with Gasteiger partial charge in [0.15, 0.2) is 12.6 Å². The second kappa shape index (κ2) is 35.5. The van der Waals surface area contributed by atoms with Crippen molar-refractivity contribution in [2.45, 2.75) is 242 Å². The molecular weight excluding hydrogens is 799 g/mol. The van der Waals surface area contributed by atoms with Crippen LogP contribution in [-0.2, 0) is 23.7 Å². The van der Waals surface area contributed by atoms with Crippen molar-refractivity contribution in [1.29, 1.82) is 0 Å². The molecule has 0 saturated carbocycles. The van der Waals surface area contributed by atoms with Crippen LogP contribution in [0.2, 0.25) is 0 Å². The second-order valence-corrected chi connectivity index (χ2v) is 17.2. The maximum atomic E-state index is 13.1. The van der Waals surface area contributed by atoms with E-state index in [1.807, 2.05) is 6.08 Å². The van der Waals surface area contributed by atoms with Crippen molar-refractivity contribution < 1.29 is 64.6 Å². The molecule has 2 heterocycles. The smallest absolute Gasteiger partial charge is 0.220 e. The molecule has 0 spiro atoms. The summed E-state index contributed by atoms with van der Waals surface area (Å²) in [5, 5.41) is 86.5. The molecule has 0 aromatic heterocycles. The summed E-state index contributed by atoms with van der Waals surface area (Å²) in [5.41, 5.74) is 0. The highest BCUT2D eigenvalue weighted by molar-refractivity contribution is 5.76. The van der Waals surface area contributed by atoms with Gasteiger partial charge in [-0.15, -0.1) is 0 Å². The topological polar surface area (TPSA) is 228 Å². The van der Waals surface area contributed by atoms with E-state index in [9.17, 15) is 45.6 Å². The average molecular weight is 886 g/mol. The molecular formula is C48H87NO13. The van der Waals surface area contributed by atoms with E-state index in [1.165, 1.54) is 83.5 Å². The van der Waals surface area contributed by atoms with Crippen LogP contribution in [0.1, 0.15) is 168 Å². The fourth-order valence-corrected chi connectivity index (χ4v) is 7.79. The van der Waals surface area contributed by atoms with Crippen LogP contribution in [0.25, 0.3) is 0 Å². The summed E-state index contributed by atoms with van der Waals surface area (Å²) in [6, 6.07) is -0.915. The predicted octanol–water partition coefficient (Wildman–Crippen LogP) is 5.54. The SMILES string of the molecule is CCCCCC/C=C\C/C=C\CCCCCCCCCC(=O)NC(COC1OC(CO)C(OC2OC(CO)C(O)C(O)C2O)C(O)C1O)C(O)/C=C/CCCCCCCCCC. The van der Waals surface area contributed by atoms with Crippen molar-refractivity contribution in [1.82, 2.24) is 5.32 Å². The Balaban J connectivity index is 1.85. The average Bonchev–Trinajstić information content (AvgIpc) is 3.27. The standard InChI is InChI=1S/C48H87NO13/c1-3-5-7-9-11-13-15-16-17-18-19-20-21-22-24-26-28-30-32-40(53)49-36(37(52)31-29-27-25-23-14-12-10-8-6-4-2)35-59-47-45(58)43(56)46(39(34-51)61-47)62-48-44(57)42(55)41(54)38(33-50)60-48/h13,15,17-18,29,31,36-39,41-48,50-52,54-58H,3-12,14,16,19-28,30,32-35H2,1-2H3,(H,49,53)/b15-13-,18-17-,31-29+. The summed E-state index contributed by atoms with van der Waals surface area (Å²) in [4.78, 5) is 13.1. The van der Waals surface area contributed by atoms with E-state index in [0.717, 1.165) is 57.8 Å². The number of nitrogens with one attached hydrogen (secondary N) is 1. The lowest BCUT2D eigenvalue weighted by atomic mass is 9.97.